The molecule has 0 aliphatic heterocycles. The van der Waals surface area contributed by atoms with E-state index in [1.807, 2.05) is 255 Å². The number of aryl methyl sites for hydroxylation is 1. The minimum Gasteiger partial charge on any atom is -0.393 e. The zero-order chi connectivity index (χ0) is 79.8. The van der Waals surface area contributed by atoms with Crippen LogP contribution in [-0.2, 0) is 24.0 Å². The van der Waals surface area contributed by atoms with E-state index in [0.717, 1.165) is 55.9 Å². The van der Waals surface area contributed by atoms with Crippen LogP contribution in [0.2, 0.25) is 0 Å². The fraction of sp³-hybridized carbons (Fsp3) is 0.711. The quantitative estimate of drug-likeness (QED) is 0.135. The van der Waals surface area contributed by atoms with Crippen molar-refractivity contribution in [2.75, 3.05) is 0 Å². The van der Waals surface area contributed by atoms with Crippen molar-refractivity contribution in [3.05, 3.63) is 120 Å². The van der Waals surface area contributed by atoms with Crippen LogP contribution in [0.1, 0.15) is 406 Å². The first-order valence-corrected chi connectivity index (χ1v) is 39.8. The summed E-state index contributed by atoms with van der Waals surface area (Å²) >= 11 is 0. The molecule has 0 radical (unpaired) electrons. The second-order valence-corrected chi connectivity index (χ2v) is 20.8. The maximum Gasteiger partial charge on any atom is 0.159 e. The van der Waals surface area contributed by atoms with Gasteiger partial charge in [0.2, 0.25) is 0 Å². The van der Waals surface area contributed by atoms with E-state index in [1.165, 1.54) is 108 Å². The van der Waals surface area contributed by atoms with E-state index in [4.69, 9.17) is 5.11 Å². The number of benzene rings is 2. The average Bonchev–Trinajstić information content (AvgIpc) is 4.35. The van der Waals surface area contributed by atoms with Crippen LogP contribution in [0.4, 0.5) is 0 Å². The number of Topliss-reactive ketones (excluding diaryl/α,β-unsaturated/α-hetero) is 6. The molecule has 0 spiro atoms. The molecule has 0 amide bonds. The second-order valence-electron chi connectivity index (χ2n) is 20.8. The third kappa shape index (κ3) is 128. The van der Waals surface area contributed by atoms with E-state index in [0.29, 0.717) is 54.0 Å². The molecule has 7 heteroatoms. The van der Waals surface area contributed by atoms with Gasteiger partial charge >= 0.3 is 0 Å². The summed E-state index contributed by atoms with van der Waals surface area (Å²) in [6.45, 7) is 77.3. The molecule has 4 fully saturated rings. The number of carbonyl (C=O) groups excluding carboxylic acids is 6. The monoisotopic (exact) mass is 1370 g/mol. The number of ketones is 6. The highest BCUT2D eigenvalue weighted by Crippen LogP contribution is 2.26. The number of hydrogen-bond donors (Lipinski definition) is 1. The first-order valence-electron chi connectivity index (χ1n) is 39.8. The Kier molecular flexibility index (Phi) is 166. The zero-order valence-corrected chi connectivity index (χ0v) is 72.5. The summed E-state index contributed by atoms with van der Waals surface area (Å²) in [7, 11) is 0. The molecule has 7 nitrogen and oxygen atoms in total. The molecule has 1 N–H and O–H groups in total. The predicted molar refractivity (Wildman–Crippen MR) is 448 cm³/mol. The summed E-state index contributed by atoms with van der Waals surface area (Å²) in [6, 6.07) is 19.5. The van der Waals surface area contributed by atoms with Gasteiger partial charge in [-0.05, 0) is 113 Å². The van der Waals surface area contributed by atoms with E-state index >= 15 is 0 Å². The number of carbonyl (C=O) groups is 6. The third-order valence-corrected chi connectivity index (χ3v) is 13.7. The van der Waals surface area contributed by atoms with Gasteiger partial charge in [0.25, 0.3) is 0 Å². The molecule has 2 aromatic rings. The Hall–Kier alpha value is -4.62. The Labute approximate surface area is 612 Å². The third-order valence-electron chi connectivity index (χ3n) is 13.7. The summed E-state index contributed by atoms with van der Waals surface area (Å²) in [6.07, 6.45) is 35.3. The van der Waals surface area contributed by atoms with Crippen molar-refractivity contribution < 1.29 is 33.9 Å². The van der Waals surface area contributed by atoms with Gasteiger partial charge in [-0.25, -0.2) is 0 Å². The average molecular weight is 1370 g/mol. The van der Waals surface area contributed by atoms with E-state index in [9.17, 15) is 28.8 Å². The minimum atomic E-state index is -0.0648. The lowest BCUT2D eigenvalue weighted by Gasteiger charge is -2.17. The molecule has 4 saturated carbocycles. The molecule has 0 saturated heterocycles. The smallest absolute Gasteiger partial charge is 0.159 e. The second kappa shape index (κ2) is 125. The molecule has 0 atom stereocenters. The molecule has 4 aliphatic carbocycles. The van der Waals surface area contributed by atoms with Crippen molar-refractivity contribution in [3.63, 3.8) is 0 Å². The van der Waals surface area contributed by atoms with Gasteiger partial charge in [-0.2, -0.15) is 0 Å². The van der Waals surface area contributed by atoms with Gasteiger partial charge in [0.05, 0.1) is 6.10 Å². The van der Waals surface area contributed by atoms with Crippen LogP contribution in [0.25, 0.3) is 0 Å². The van der Waals surface area contributed by atoms with E-state index < -0.39 is 0 Å². The Morgan fingerprint density at radius 2 is 0.691 bits per heavy atom. The van der Waals surface area contributed by atoms with Crippen LogP contribution in [0.5, 0.6) is 0 Å². The lowest BCUT2D eigenvalue weighted by Crippen LogP contribution is -2.13. The topological polar surface area (TPSA) is 123 Å². The molecule has 6 rings (SSSR count). The highest BCUT2D eigenvalue weighted by atomic mass is 16.3. The number of hydrogen-bond acceptors (Lipinski definition) is 7. The largest absolute Gasteiger partial charge is 0.393 e. The van der Waals surface area contributed by atoms with Gasteiger partial charge in [0.1, 0.15) is 23.1 Å². The van der Waals surface area contributed by atoms with Crippen LogP contribution in [0, 0.1) is 30.6 Å². The first-order chi connectivity index (χ1) is 46.5. The molecule has 0 bridgehead atoms. The zero-order valence-electron chi connectivity index (χ0n) is 72.5. The highest BCUT2D eigenvalue weighted by molar-refractivity contribution is 5.95. The van der Waals surface area contributed by atoms with Crippen molar-refractivity contribution in [2.24, 2.45) is 23.7 Å². The molecule has 0 heterocycles. The number of aliphatic hydroxyl groups excluding tert-OH is 1. The van der Waals surface area contributed by atoms with Gasteiger partial charge in [-0.1, -0.05) is 386 Å². The summed E-state index contributed by atoms with van der Waals surface area (Å²) in [5.74, 6) is 4.50. The van der Waals surface area contributed by atoms with Crippen LogP contribution in [0.3, 0.4) is 0 Å². The molecular formula is C90H178O7. The Morgan fingerprint density at radius 3 is 0.784 bits per heavy atom. The molecule has 2 aromatic carbocycles. The van der Waals surface area contributed by atoms with Gasteiger partial charge in [0.15, 0.2) is 11.6 Å². The van der Waals surface area contributed by atoms with E-state index in [2.05, 4.69) is 46.1 Å². The molecule has 0 unspecified atom stereocenters. The normalized spacial score (nSPS) is 12.4. The van der Waals surface area contributed by atoms with Gasteiger partial charge in [-0.15, -0.1) is 0 Å². The predicted octanol–water partition coefficient (Wildman–Crippen LogP) is 30.2. The molecule has 580 valence electrons. The maximum atomic E-state index is 10.8. The summed E-state index contributed by atoms with van der Waals surface area (Å²) in [4.78, 5) is 62.5. The Morgan fingerprint density at radius 1 is 0.423 bits per heavy atom. The van der Waals surface area contributed by atoms with Crippen molar-refractivity contribution in [2.45, 2.75) is 403 Å². The molecular weight excluding hydrogens is 1190 g/mol. The Bertz CT molecular complexity index is 1790. The first kappa shape index (κ1) is 129. The van der Waals surface area contributed by atoms with Gasteiger partial charge in [0, 0.05) is 42.2 Å². The van der Waals surface area contributed by atoms with Crippen LogP contribution >= 0.6 is 0 Å². The number of aliphatic hydroxyl groups is 1. The molecule has 97 heavy (non-hydrogen) atoms. The van der Waals surface area contributed by atoms with Crippen molar-refractivity contribution in [3.8, 4) is 0 Å². The standard InChI is InChI=1S/C8H14O.C8H8O.C7H12O.C7H10O.C7H14.C7H8.C6H12.C6H10.C5H12O.C5H10O.C4H8O.10C2H6/c2*1-7(9)8-5-3-2-4-6-8;1-6(8)7-4-2-3-5-7;1-4-7(5-2)6(3)8;2*1-7-5-3-2-4-6-7;1-6-4-2-3-5-6;1-4-6(3)5-2;2*1-3-5(6)4-2;1-3-4(2)5;10*1-2/h8H,2-6H2,1H3;2-6H,1H3;7H,2-5H2,1H3;4-5H,1H2,2-3H3;7H,2-6H2,1H3;2-6H,1H3;6H,2-5H2,1H3;4-5H,1H2,2-3H3;5-6H,3-4H2,1-2H3;3-4H2,1-2H3;3H2,1-2H3;10*1-2H3/b;;;7-5+;;;;6-5-;;;;;;;;;;;;;. The van der Waals surface area contributed by atoms with Crippen molar-refractivity contribution >= 4 is 34.7 Å². The van der Waals surface area contributed by atoms with Gasteiger partial charge in [-0.3, -0.25) is 24.0 Å². The SMILES string of the molecule is C=C/C(=C\C)C(C)=O.C=C/C(C)=C\C.CC.CC.CC.CC.CC.CC.CC.CC.CC.CC.CC(=O)C1CCCC1.CC(=O)C1CCCCC1.CC(=O)c1ccccc1.CC1CCCC1.CC1CCCCC1.CCC(=O)CC.CCC(C)=O.CCC(O)CC.Cc1ccccc1. The highest BCUT2D eigenvalue weighted by Gasteiger charge is 2.18. The van der Waals surface area contributed by atoms with Crippen molar-refractivity contribution in [1.82, 2.24) is 0 Å². The van der Waals surface area contributed by atoms with Crippen LogP contribution in [-0.4, -0.2) is 45.9 Å². The van der Waals surface area contributed by atoms with E-state index in [1.54, 1.807) is 39.8 Å². The number of allylic oxidation sites excluding steroid dienone is 6. The molecule has 0 aromatic heterocycles. The van der Waals surface area contributed by atoms with Crippen LogP contribution in [0.15, 0.2) is 109 Å². The molecule has 4 aliphatic rings. The fourth-order valence-corrected chi connectivity index (χ4v) is 7.61. The fourth-order valence-electron chi connectivity index (χ4n) is 7.61. The summed E-state index contributed by atoms with van der Waals surface area (Å²) in [5.41, 5.74) is 4.01. The summed E-state index contributed by atoms with van der Waals surface area (Å²) in [5, 5.41) is 8.67. The van der Waals surface area contributed by atoms with E-state index in [-0.39, 0.29) is 23.5 Å². The summed E-state index contributed by atoms with van der Waals surface area (Å²) < 4.78 is 0. The van der Waals surface area contributed by atoms with Crippen LogP contribution < -0.4 is 0 Å². The number of rotatable bonds is 11. The lowest BCUT2D eigenvalue weighted by molar-refractivity contribution is -0.122. The van der Waals surface area contributed by atoms with Gasteiger partial charge < -0.3 is 9.90 Å². The van der Waals surface area contributed by atoms with Crippen molar-refractivity contribution in [1.29, 1.82) is 0 Å². The minimum absolute atomic E-state index is 0.0648. The Balaban J connectivity index is -0.0000000573. The lowest BCUT2D eigenvalue weighted by atomic mass is 9.87. The maximum absolute atomic E-state index is 10.8.